The van der Waals surface area contributed by atoms with E-state index in [0.717, 1.165) is 12.8 Å². The number of anilines is 1. The van der Waals surface area contributed by atoms with E-state index in [2.05, 4.69) is 13.8 Å². The quantitative estimate of drug-likeness (QED) is 0.770. The summed E-state index contributed by atoms with van der Waals surface area (Å²) in [6.45, 7) is 4.58. The molecular formula is C15H24N2O2. The third kappa shape index (κ3) is 4.81. The molecule has 0 radical (unpaired) electrons. The van der Waals surface area contributed by atoms with Crippen LogP contribution in [-0.2, 0) is 4.79 Å². The Morgan fingerprint density at radius 1 is 1.37 bits per heavy atom. The van der Waals surface area contributed by atoms with Crippen molar-refractivity contribution in [3.8, 4) is 5.75 Å². The second-order valence-corrected chi connectivity index (χ2v) is 4.65. The largest absolute Gasteiger partial charge is 0.493 e. The summed E-state index contributed by atoms with van der Waals surface area (Å²) in [4.78, 5) is 13.8. The van der Waals surface area contributed by atoms with E-state index in [1.165, 1.54) is 0 Å². The summed E-state index contributed by atoms with van der Waals surface area (Å²) in [7, 11) is 1.86. The standard InChI is InChI=1S/C15H24N2O2/c1-4-13(5-2)17(3)15(18)9-10-19-14-8-6-7-12(16)11-14/h6-8,11,13H,4-5,9-10,16H2,1-3H3. The maximum atomic E-state index is 12.0. The molecule has 0 saturated carbocycles. The summed E-state index contributed by atoms with van der Waals surface area (Å²) in [5.41, 5.74) is 6.32. The maximum Gasteiger partial charge on any atom is 0.225 e. The first-order valence-electron chi connectivity index (χ1n) is 6.82. The molecule has 0 saturated heterocycles. The number of rotatable bonds is 7. The van der Waals surface area contributed by atoms with Gasteiger partial charge >= 0.3 is 0 Å². The number of benzene rings is 1. The van der Waals surface area contributed by atoms with Gasteiger partial charge in [-0.2, -0.15) is 0 Å². The van der Waals surface area contributed by atoms with E-state index in [-0.39, 0.29) is 5.91 Å². The van der Waals surface area contributed by atoms with E-state index in [0.29, 0.717) is 30.5 Å². The molecule has 2 N–H and O–H groups in total. The van der Waals surface area contributed by atoms with Crippen LogP contribution in [0.1, 0.15) is 33.1 Å². The van der Waals surface area contributed by atoms with Gasteiger partial charge in [0.15, 0.2) is 0 Å². The predicted octanol–water partition coefficient (Wildman–Crippen LogP) is 2.68. The highest BCUT2D eigenvalue weighted by Gasteiger charge is 2.16. The van der Waals surface area contributed by atoms with Gasteiger partial charge in [0.05, 0.1) is 13.0 Å². The van der Waals surface area contributed by atoms with E-state index in [1.807, 2.05) is 24.1 Å². The van der Waals surface area contributed by atoms with Crippen molar-refractivity contribution < 1.29 is 9.53 Å². The summed E-state index contributed by atoms with van der Waals surface area (Å²) >= 11 is 0. The Labute approximate surface area is 115 Å². The minimum Gasteiger partial charge on any atom is -0.493 e. The lowest BCUT2D eigenvalue weighted by Gasteiger charge is -2.26. The van der Waals surface area contributed by atoms with Crippen molar-refractivity contribution in [1.29, 1.82) is 0 Å². The molecule has 0 aliphatic heterocycles. The highest BCUT2D eigenvalue weighted by atomic mass is 16.5. The zero-order valence-electron chi connectivity index (χ0n) is 12.1. The Hall–Kier alpha value is -1.71. The van der Waals surface area contributed by atoms with Crippen molar-refractivity contribution in [2.24, 2.45) is 0 Å². The SMILES string of the molecule is CCC(CC)N(C)C(=O)CCOc1cccc(N)c1. The van der Waals surface area contributed by atoms with Gasteiger partial charge in [-0.15, -0.1) is 0 Å². The summed E-state index contributed by atoms with van der Waals surface area (Å²) in [6, 6.07) is 7.56. The van der Waals surface area contributed by atoms with Crippen LogP contribution in [0.4, 0.5) is 5.69 Å². The van der Waals surface area contributed by atoms with E-state index in [4.69, 9.17) is 10.5 Å². The van der Waals surface area contributed by atoms with Gasteiger partial charge in [-0.25, -0.2) is 0 Å². The molecule has 0 aromatic heterocycles. The van der Waals surface area contributed by atoms with Crippen molar-refractivity contribution in [2.75, 3.05) is 19.4 Å². The van der Waals surface area contributed by atoms with Crippen molar-refractivity contribution in [1.82, 2.24) is 4.90 Å². The molecule has 1 amide bonds. The van der Waals surface area contributed by atoms with Gasteiger partial charge in [-0.05, 0) is 25.0 Å². The lowest BCUT2D eigenvalue weighted by atomic mass is 10.1. The number of hydrogen-bond acceptors (Lipinski definition) is 3. The van der Waals surface area contributed by atoms with E-state index >= 15 is 0 Å². The highest BCUT2D eigenvalue weighted by Crippen LogP contribution is 2.15. The van der Waals surface area contributed by atoms with Crippen molar-refractivity contribution in [3.05, 3.63) is 24.3 Å². The number of carbonyl (C=O) groups excluding carboxylic acids is 1. The summed E-state index contributed by atoms with van der Waals surface area (Å²) in [5.74, 6) is 0.829. The van der Waals surface area contributed by atoms with Crippen LogP contribution in [0.3, 0.4) is 0 Å². The van der Waals surface area contributed by atoms with Gasteiger partial charge < -0.3 is 15.4 Å². The fourth-order valence-corrected chi connectivity index (χ4v) is 2.08. The number of ether oxygens (including phenoxy) is 1. The topological polar surface area (TPSA) is 55.6 Å². The maximum absolute atomic E-state index is 12.0. The second kappa shape index (κ2) is 7.67. The molecule has 0 spiro atoms. The molecule has 1 aromatic rings. The number of nitrogen functional groups attached to an aromatic ring is 1. The van der Waals surface area contributed by atoms with E-state index in [1.54, 1.807) is 12.1 Å². The molecular weight excluding hydrogens is 240 g/mol. The first-order valence-corrected chi connectivity index (χ1v) is 6.82. The van der Waals surface area contributed by atoms with Crippen LogP contribution in [-0.4, -0.2) is 30.5 Å². The van der Waals surface area contributed by atoms with Gasteiger partial charge in [-0.1, -0.05) is 19.9 Å². The minimum atomic E-state index is 0.123. The van der Waals surface area contributed by atoms with Crippen molar-refractivity contribution in [2.45, 2.75) is 39.2 Å². The molecule has 0 aliphatic carbocycles. The monoisotopic (exact) mass is 264 g/mol. The molecule has 0 unspecified atom stereocenters. The van der Waals surface area contributed by atoms with Crippen LogP contribution in [0, 0.1) is 0 Å². The van der Waals surface area contributed by atoms with Gasteiger partial charge in [0.25, 0.3) is 0 Å². The fraction of sp³-hybridized carbons (Fsp3) is 0.533. The number of nitrogens with zero attached hydrogens (tertiary/aromatic N) is 1. The minimum absolute atomic E-state index is 0.123. The molecule has 106 valence electrons. The smallest absolute Gasteiger partial charge is 0.225 e. The second-order valence-electron chi connectivity index (χ2n) is 4.65. The first-order chi connectivity index (χ1) is 9.08. The Balaban J connectivity index is 2.38. The predicted molar refractivity (Wildman–Crippen MR) is 78.1 cm³/mol. The average Bonchev–Trinajstić information content (AvgIpc) is 2.40. The Morgan fingerprint density at radius 2 is 2.05 bits per heavy atom. The van der Waals surface area contributed by atoms with Gasteiger partial charge in [-0.3, -0.25) is 4.79 Å². The number of carbonyl (C=O) groups is 1. The number of amides is 1. The molecule has 19 heavy (non-hydrogen) atoms. The summed E-state index contributed by atoms with van der Waals surface area (Å²) in [5, 5.41) is 0. The van der Waals surface area contributed by atoms with Crippen molar-refractivity contribution >= 4 is 11.6 Å². The number of nitrogens with two attached hydrogens (primary N) is 1. The van der Waals surface area contributed by atoms with E-state index in [9.17, 15) is 4.79 Å². The zero-order chi connectivity index (χ0) is 14.3. The summed E-state index contributed by atoms with van der Waals surface area (Å²) < 4.78 is 5.53. The molecule has 0 fully saturated rings. The summed E-state index contributed by atoms with van der Waals surface area (Å²) in [6.07, 6.45) is 2.35. The van der Waals surface area contributed by atoms with Crippen LogP contribution in [0.25, 0.3) is 0 Å². The molecule has 0 heterocycles. The molecule has 1 rings (SSSR count). The van der Waals surface area contributed by atoms with Crippen LogP contribution in [0.15, 0.2) is 24.3 Å². The fourth-order valence-electron chi connectivity index (χ4n) is 2.08. The zero-order valence-corrected chi connectivity index (χ0v) is 12.1. The third-order valence-corrected chi connectivity index (χ3v) is 3.33. The Bertz CT molecular complexity index is 403. The molecule has 0 atom stereocenters. The Kier molecular flexibility index (Phi) is 6.19. The van der Waals surface area contributed by atoms with Crippen LogP contribution >= 0.6 is 0 Å². The van der Waals surface area contributed by atoms with Gasteiger partial charge in [0, 0.05) is 24.8 Å². The van der Waals surface area contributed by atoms with Crippen LogP contribution < -0.4 is 10.5 Å². The lowest BCUT2D eigenvalue weighted by Crippen LogP contribution is -2.36. The average molecular weight is 264 g/mol. The highest BCUT2D eigenvalue weighted by molar-refractivity contribution is 5.76. The van der Waals surface area contributed by atoms with Crippen LogP contribution in [0.5, 0.6) is 5.75 Å². The van der Waals surface area contributed by atoms with Gasteiger partial charge in [0.2, 0.25) is 5.91 Å². The number of hydrogen-bond donors (Lipinski definition) is 1. The molecule has 1 aromatic carbocycles. The van der Waals surface area contributed by atoms with E-state index < -0.39 is 0 Å². The third-order valence-electron chi connectivity index (χ3n) is 3.33. The van der Waals surface area contributed by atoms with Crippen LogP contribution in [0.2, 0.25) is 0 Å². The lowest BCUT2D eigenvalue weighted by molar-refractivity contribution is -0.132. The van der Waals surface area contributed by atoms with Crippen molar-refractivity contribution in [3.63, 3.8) is 0 Å². The van der Waals surface area contributed by atoms with Gasteiger partial charge in [0.1, 0.15) is 5.75 Å². The first kappa shape index (κ1) is 15.3. The molecule has 4 heteroatoms. The normalized spacial score (nSPS) is 10.5. The molecule has 0 aliphatic rings. The Morgan fingerprint density at radius 3 is 2.63 bits per heavy atom. The molecule has 0 bridgehead atoms. The molecule has 4 nitrogen and oxygen atoms in total.